The minimum absolute atomic E-state index is 0.373. The van der Waals surface area contributed by atoms with E-state index in [1.54, 1.807) is 24.3 Å². The van der Waals surface area contributed by atoms with Crippen LogP contribution in [0, 0.1) is 5.92 Å². The SMILES string of the molecule is COC(=O)C1=COC(OC2OC(CO)C(O)C(O)C2O)C2C1(O)CC(OC(=O)C=Cc1ccccc1)C2(C)O. The van der Waals surface area contributed by atoms with Crippen molar-refractivity contribution in [1.29, 1.82) is 0 Å². The average molecular weight is 553 g/mol. The molecule has 3 aliphatic rings. The molecule has 1 aromatic rings. The highest BCUT2D eigenvalue weighted by Crippen LogP contribution is 2.53. The van der Waals surface area contributed by atoms with Crippen LogP contribution in [-0.4, -0.2) is 111 Å². The zero-order valence-electron chi connectivity index (χ0n) is 21.2. The molecule has 1 aliphatic carbocycles. The van der Waals surface area contributed by atoms with E-state index in [0.29, 0.717) is 0 Å². The van der Waals surface area contributed by atoms with Gasteiger partial charge in [-0.25, -0.2) is 9.59 Å². The van der Waals surface area contributed by atoms with Crippen LogP contribution in [0.25, 0.3) is 6.08 Å². The summed E-state index contributed by atoms with van der Waals surface area (Å²) in [5.41, 5.74) is -3.92. The molecule has 1 aromatic carbocycles. The summed E-state index contributed by atoms with van der Waals surface area (Å²) in [6.45, 7) is 0.532. The molecule has 2 aliphatic heterocycles. The molecule has 13 nitrogen and oxygen atoms in total. The number of aliphatic hydroxyl groups excluding tert-OH is 4. The van der Waals surface area contributed by atoms with Gasteiger partial charge in [0.2, 0.25) is 6.29 Å². The van der Waals surface area contributed by atoms with E-state index in [1.165, 1.54) is 13.0 Å². The van der Waals surface area contributed by atoms with Crippen LogP contribution in [0.5, 0.6) is 0 Å². The molecule has 1 saturated heterocycles. The molecule has 0 radical (unpaired) electrons. The van der Waals surface area contributed by atoms with Crippen molar-refractivity contribution in [2.45, 2.75) is 67.6 Å². The normalized spacial score (nSPS) is 39.9. The number of esters is 2. The van der Waals surface area contributed by atoms with Crippen LogP contribution >= 0.6 is 0 Å². The first-order valence-electron chi connectivity index (χ1n) is 12.2. The monoisotopic (exact) mass is 552 g/mol. The lowest BCUT2D eigenvalue weighted by atomic mass is 9.77. The summed E-state index contributed by atoms with van der Waals surface area (Å²) in [6, 6.07) is 8.90. The van der Waals surface area contributed by atoms with E-state index >= 15 is 0 Å². The number of aliphatic hydroxyl groups is 6. The number of benzene rings is 1. The fourth-order valence-electron chi connectivity index (χ4n) is 5.22. The average Bonchev–Trinajstić information content (AvgIpc) is 3.12. The lowest BCUT2D eigenvalue weighted by molar-refractivity contribution is -0.352. The van der Waals surface area contributed by atoms with Crippen LogP contribution in [0.15, 0.2) is 48.2 Å². The molecule has 0 spiro atoms. The Labute approximate surface area is 223 Å². The number of carbonyl (C=O) groups excluding carboxylic acids is 2. The molecule has 214 valence electrons. The Morgan fingerprint density at radius 3 is 2.41 bits per heavy atom. The van der Waals surface area contributed by atoms with Crippen molar-refractivity contribution in [3.05, 3.63) is 53.8 Å². The minimum Gasteiger partial charge on any atom is -0.471 e. The number of fused-ring (bicyclic) bond motifs is 1. The van der Waals surface area contributed by atoms with Crippen molar-refractivity contribution in [2.75, 3.05) is 13.7 Å². The highest BCUT2D eigenvalue weighted by molar-refractivity contribution is 5.91. The predicted octanol–water partition coefficient (Wildman–Crippen LogP) is -1.66. The van der Waals surface area contributed by atoms with Gasteiger partial charge in [-0.2, -0.15) is 0 Å². The molecule has 13 heteroatoms. The van der Waals surface area contributed by atoms with E-state index in [4.69, 9.17) is 23.7 Å². The zero-order chi connectivity index (χ0) is 28.5. The van der Waals surface area contributed by atoms with E-state index in [9.17, 15) is 40.2 Å². The van der Waals surface area contributed by atoms with Gasteiger partial charge >= 0.3 is 11.9 Å². The summed E-state index contributed by atoms with van der Waals surface area (Å²) < 4.78 is 26.8. The smallest absolute Gasteiger partial charge is 0.339 e. The summed E-state index contributed by atoms with van der Waals surface area (Å²) in [4.78, 5) is 25.1. The second-order valence-electron chi connectivity index (χ2n) is 9.86. The molecule has 6 N–H and O–H groups in total. The summed E-state index contributed by atoms with van der Waals surface area (Å²) >= 11 is 0. The maximum atomic E-state index is 12.6. The quantitative estimate of drug-likeness (QED) is 0.166. The zero-order valence-corrected chi connectivity index (χ0v) is 21.2. The summed E-state index contributed by atoms with van der Waals surface area (Å²) in [5, 5.41) is 63.3. The summed E-state index contributed by atoms with van der Waals surface area (Å²) in [6.07, 6.45) is -8.13. The second kappa shape index (κ2) is 11.3. The topological polar surface area (TPSA) is 202 Å². The van der Waals surface area contributed by atoms with Gasteiger partial charge in [-0.05, 0) is 18.6 Å². The van der Waals surface area contributed by atoms with Gasteiger partial charge < -0.3 is 54.3 Å². The number of rotatable bonds is 7. The lowest BCUT2D eigenvalue weighted by Crippen LogP contribution is -2.62. The fraction of sp³-hybridized carbons (Fsp3) is 0.538. The Hall–Kier alpha value is -2.88. The van der Waals surface area contributed by atoms with Gasteiger partial charge in [0, 0.05) is 12.5 Å². The Morgan fingerprint density at radius 1 is 1.08 bits per heavy atom. The Morgan fingerprint density at radius 2 is 1.77 bits per heavy atom. The van der Waals surface area contributed by atoms with Gasteiger partial charge in [-0.15, -0.1) is 0 Å². The third kappa shape index (κ3) is 5.44. The first kappa shape index (κ1) is 29.1. The molecule has 0 amide bonds. The predicted molar refractivity (Wildman–Crippen MR) is 129 cm³/mol. The molecule has 0 aromatic heterocycles. The first-order valence-corrected chi connectivity index (χ1v) is 12.2. The van der Waals surface area contributed by atoms with Crippen LogP contribution < -0.4 is 0 Å². The van der Waals surface area contributed by atoms with Crippen LogP contribution in [0.1, 0.15) is 18.9 Å². The Kier molecular flexibility index (Phi) is 8.44. The van der Waals surface area contributed by atoms with Crippen LogP contribution in [0.3, 0.4) is 0 Å². The summed E-state index contributed by atoms with van der Waals surface area (Å²) in [5.74, 6) is -3.31. The number of ether oxygens (including phenoxy) is 5. The van der Waals surface area contributed by atoms with Crippen molar-refractivity contribution in [2.24, 2.45) is 5.92 Å². The van der Waals surface area contributed by atoms with Crippen molar-refractivity contribution in [3.63, 3.8) is 0 Å². The molecule has 2 fully saturated rings. The molecule has 10 unspecified atom stereocenters. The molecule has 1 saturated carbocycles. The lowest BCUT2D eigenvalue weighted by Gasteiger charge is -2.46. The van der Waals surface area contributed by atoms with Crippen molar-refractivity contribution in [3.8, 4) is 0 Å². The highest BCUT2D eigenvalue weighted by atomic mass is 16.8. The molecule has 39 heavy (non-hydrogen) atoms. The van der Waals surface area contributed by atoms with E-state index in [-0.39, 0.29) is 5.57 Å². The third-order valence-corrected chi connectivity index (χ3v) is 7.34. The van der Waals surface area contributed by atoms with E-state index < -0.39 is 85.2 Å². The van der Waals surface area contributed by atoms with E-state index in [0.717, 1.165) is 25.0 Å². The van der Waals surface area contributed by atoms with Gasteiger partial charge in [0.15, 0.2) is 6.29 Å². The Balaban J connectivity index is 1.61. The first-order chi connectivity index (χ1) is 18.4. The number of hydrogen-bond acceptors (Lipinski definition) is 13. The maximum absolute atomic E-state index is 12.6. The second-order valence-corrected chi connectivity index (χ2v) is 9.86. The minimum atomic E-state index is -2.19. The van der Waals surface area contributed by atoms with Crippen LogP contribution in [0.2, 0.25) is 0 Å². The van der Waals surface area contributed by atoms with E-state index in [2.05, 4.69) is 0 Å². The maximum Gasteiger partial charge on any atom is 0.339 e. The van der Waals surface area contributed by atoms with Crippen molar-refractivity contribution >= 4 is 18.0 Å². The largest absolute Gasteiger partial charge is 0.471 e. The van der Waals surface area contributed by atoms with Gasteiger partial charge in [-0.1, -0.05) is 30.3 Å². The molecular formula is C26H32O13. The number of carbonyl (C=O) groups is 2. The molecule has 2 heterocycles. The molecular weight excluding hydrogens is 520 g/mol. The van der Waals surface area contributed by atoms with Crippen molar-refractivity contribution < 1.29 is 63.9 Å². The van der Waals surface area contributed by atoms with Gasteiger partial charge in [0.25, 0.3) is 0 Å². The van der Waals surface area contributed by atoms with Crippen molar-refractivity contribution in [1.82, 2.24) is 0 Å². The van der Waals surface area contributed by atoms with Crippen LogP contribution in [0.4, 0.5) is 0 Å². The fourth-order valence-corrected chi connectivity index (χ4v) is 5.22. The third-order valence-electron chi connectivity index (χ3n) is 7.34. The van der Waals surface area contributed by atoms with Gasteiger partial charge in [-0.3, -0.25) is 0 Å². The standard InChI is InChI=1S/C26H32O13/c1-25(33)16(38-17(28)9-8-13-6-4-3-5-7-13)10-26(34)14(22(32)35-2)12-36-24(21(25)26)39-23-20(31)19(30)18(29)15(11-27)37-23/h3-9,12,15-16,18-21,23-24,27,29-31,33-34H,10-11H2,1-2H3. The van der Waals surface area contributed by atoms with Gasteiger partial charge in [0.05, 0.1) is 25.9 Å². The Bertz CT molecular complexity index is 1100. The summed E-state index contributed by atoms with van der Waals surface area (Å²) in [7, 11) is 1.08. The number of hydrogen-bond donors (Lipinski definition) is 6. The molecule has 10 atom stereocenters. The molecule has 4 rings (SSSR count). The van der Waals surface area contributed by atoms with E-state index in [1.807, 2.05) is 6.07 Å². The highest BCUT2D eigenvalue weighted by Gasteiger charge is 2.69. The van der Waals surface area contributed by atoms with Crippen LogP contribution in [-0.2, 0) is 33.3 Å². The van der Waals surface area contributed by atoms with Gasteiger partial charge in [0.1, 0.15) is 47.3 Å². The number of methoxy groups -OCH3 is 1. The molecule has 0 bridgehead atoms.